The van der Waals surface area contributed by atoms with E-state index in [0.29, 0.717) is 34.8 Å². The topological polar surface area (TPSA) is 142 Å². The lowest BCUT2D eigenvalue weighted by molar-refractivity contribution is 0.0697. The number of anilines is 3. The first-order chi connectivity index (χ1) is 18.0. The number of hydrogen-bond donors (Lipinski definition) is 2. The third-order valence-electron chi connectivity index (χ3n) is 7.13. The van der Waals surface area contributed by atoms with Gasteiger partial charge in [-0.2, -0.15) is 19.5 Å². The highest BCUT2D eigenvalue weighted by Crippen LogP contribution is 2.25. The van der Waals surface area contributed by atoms with Crippen LogP contribution in [0, 0.1) is 5.92 Å². The minimum atomic E-state index is -0.897. The minimum absolute atomic E-state index is 0. The number of furan rings is 1. The lowest BCUT2D eigenvalue weighted by Gasteiger charge is -2.40. The quantitative estimate of drug-likeness (QED) is 0.373. The Morgan fingerprint density at radius 3 is 2.53 bits per heavy atom. The fraction of sp³-hybridized carbons (Fsp3) is 0.400. The van der Waals surface area contributed by atoms with Gasteiger partial charge in [0.05, 0.1) is 11.8 Å². The molecular weight excluding hydrogens is 510 g/mol. The largest absolute Gasteiger partial charge is 0.478 e. The molecule has 200 valence electrons. The van der Waals surface area contributed by atoms with Crippen LogP contribution in [0.25, 0.3) is 17.4 Å². The van der Waals surface area contributed by atoms with Crippen LogP contribution in [-0.4, -0.2) is 86.4 Å². The Hall–Kier alpha value is -3.90. The van der Waals surface area contributed by atoms with E-state index in [9.17, 15) is 4.79 Å². The van der Waals surface area contributed by atoms with Crippen LogP contribution < -0.4 is 15.5 Å². The number of aromatic nitrogens is 5. The summed E-state index contributed by atoms with van der Waals surface area (Å²) in [5.41, 5.74) is 7.60. The van der Waals surface area contributed by atoms with E-state index in [0.717, 1.165) is 57.9 Å². The van der Waals surface area contributed by atoms with Gasteiger partial charge in [0, 0.05) is 51.5 Å². The summed E-state index contributed by atoms with van der Waals surface area (Å²) in [6.07, 6.45) is 3.81. The zero-order valence-electron chi connectivity index (χ0n) is 20.8. The molecule has 0 spiro atoms. The number of nitrogens with zero attached hydrogens (tertiary/aromatic N) is 8. The van der Waals surface area contributed by atoms with Crippen molar-refractivity contribution >= 4 is 41.7 Å². The number of halogens is 1. The molecular formula is C25H30ClN9O3. The highest BCUT2D eigenvalue weighted by molar-refractivity contribution is 5.88. The van der Waals surface area contributed by atoms with E-state index >= 15 is 0 Å². The normalized spacial score (nSPS) is 18.5. The van der Waals surface area contributed by atoms with Crippen LogP contribution in [0.5, 0.6) is 0 Å². The molecule has 2 aliphatic heterocycles. The summed E-state index contributed by atoms with van der Waals surface area (Å²) in [5.74, 6) is 1.84. The van der Waals surface area contributed by atoms with Gasteiger partial charge >= 0.3 is 5.97 Å². The Labute approximate surface area is 225 Å². The standard InChI is InChI=1S/C25H29N9O3.ClH/c26-23-28-24(29-25-27-21(30-34(23)25)20-4-2-14-37-20)33-9-1-3-17(16-33)15-31-10-12-32(13-11-31)19-7-5-18(6-8-19)22(35)36;/h2,4-8,14,17H,1,3,9-13,15-16H2,(H,35,36)(H2,26,27,28,29,30);1H. The zero-order chi connectivity index (χ0) is 25.4. The van der Waals surface area contributed by atoms with Gasteiger partial charge in [-0.25, -0.2) is 4.79 Å². The summed E-state index contributed by atoms with van der Waals surface area (Å²) < 4.78 is 6.84. The van der Waals surface area contributed by atoms with Crippen molar-refractivity contribution in [3.63, 3.8) is 0 Å². The molecule has 3 aromatic heterocycles. The number of benzene rings is 1. The number of piperidine rings is 1. The molecule has 0 bridgehead atoms. The molecule has 2 fully saturated rings. The van der Waals surface area contributed by atoms with Gasteiger partial charge in [-0.3, -0.25) is 4.90 Å². The summed E-state index contributed by atoms with van der Waals surface area (Å²) in [7, 11) is 0. The first-order valence-electron chi connectivity index (χ1n) is 12.5. The SMILES string of the molecule is Cl.Nc1nc(N2CCCC(CN3CCN(c4ccc(C(=O)O)cc4)CC3)C2)nc2nc(-c3ccco3)nn12. The molecule has 3 N–H and O–H groups in total. The molecule has 13 heteroatoms. The maximum absolute atomic E-state index is 11.1. The summed E-state index contributed by atoms with van der Waals surface area (Å²) in [4.78, 5) is 31.8. The molecule has 1 atom stereocenters. The van der Waals surface area contributed by atoms with Crippen molar-refractivity contribution in [2.75, 3.05) is 61.3 Å². The van der Waals surface area contributed by atoms with Crippen molar-refractivity contribution in [2.45, 2.75) is 12.8 Å². The summed E-state index contributed by atoms with van der Waals surface area (Å²) in [5, 5.41) is 13.5. The third kappa shape index (κ3) is 5.22. The third-order valence-corrected chi connectivity index (χ3v) is 7.13. The number of aromatic carboxylic acids is 1. The molecule has 0 radical (unpaired) electrons. The molecule has 0 amide bonds. The number of nitrogens with two attached hydrogens (primary N) is 1. The van der Waals surface area contributed by atoms with Crippen molar-refractivity contribution in [2.24, 2.45) is 5.92 Å². The lowest BCUT2D eigenvalue weighted by Crippen LogP contribution is -2.49. The average Bonchev–Trinajstić information content (AvgIpc) is 3.60. The Morgan fingerprint density at radius 2 is 1.82 bits per heavy atom. The molecule has 5 heterocycles. The maximum atomic E-state index is 11.1. The van der Waals surface area contributed by atoms with Crippen molar-refractivity contribution in [1.82, 2.24) is 29.5 Å². The minimum Gasteiger partial charge on any atom is -0.478 e. The van der Waals surface area contributed by atoms with E-state index < -0.39 is 5.97 Å². The van der Waals surface area contributed by atoms with Crippen molar-refractivity contribution in [1.29, 1.82) is 0 Å². The average molecular weight is 540 g/mol. The lowest BCUT2D eigenvalue weighted by atomic mass is 9.97. The number of fused-ring (bicyclic) bond motifs is 1. The van der Waals surface area contributed by atoms with Crippen LogP contribution in [0.3, 0.4) is 0 Å². The van der Waals surface area contributed by atoms with Gasteiger partial charge in [-0.1, -0.05) is 0 Å². The van der Waals surface area contributed by atoms with Crippen molar-refractivity contribution < 1.29 is 14.3 Å². The molecule has 2 saturated heterocycles. The molecule has 1 unspecified atom stereocenters. The van der Waals surface area contributed by atoms with E-state index in [1.165, 1.54) is 10.9 Å². The van der Waals surface area contributed by atoms with Gasteiger partial charge in [0.2, 0.25) is 17.7 Å². The van der Waals surface area contributed by atoms with Crippen LogP contribution in [-0.2, 0) is 0 Å². The summed E-state index contributed by atoms with van der Waals surface area (Å²) in [6.45, 7) is 6.56. The molecule has 0 saturated carbocycles. The Kier molecular flexibility index (Phi) is 7.34. The molecule has 1 aromatic carbocycles. The second-order valence-electron chi connectivity index (χ2n) is 9.60. The predicted octanol–water partition coefficient (Wildman–Crippen LogP) is 2.52. The molecule has 12 nitrogen and oxygen atoms in total. The first-order valence-corrected chi connectivity index (χ1v) is 12.5. The number of carboxylic acids is 1. The zero-order valence-corrected chi connectivity index (χ0v) is 21.6. The van der Waals surface area contributed by atoms with Gasteiger partial charge in [0.25, 0.3) is 5.78 Å². The smallest absolute Gasteiger partial charge is 0.335 e. The fourth-order valence-electron chi connectivity index (χ4n) is 5.21. The van der Waals surface area contributed by atoms with Crippen LogP contribution in [0.4, 0.5) is 17.6 Å². The number of carboxylic acid groups (broad SMARTS) is 1. The molecule has 38 heavy (non-hydrogen) atoms. The fourth-order valence-corrected chi connectivity index (χ4v) is 5.21. The van der Waals surface area contributed by atoms with E-state index in [1.807, 2.05) is 12.1 Å². The highest BCUT2D eigenvalue weighted by Gasteiger charge is 2.27. The summed E-state index contributed by atoms with van der Waals surface area (Å²) >= 11 is 0. The van der Waals surface area contributed by atoms with E-state index in [4.69, 9.17) is 15.3 Å². The number of carbonyl (C=O) groups is 1. The summed E-state index contributed by atoms with van der Waals surface area (Å²) in [6, 6.07) is 10.7. The monoisotopic (exact) mass is 539 g/mol. The maximum Gasteiger partial charge on any atom is 0.335 e. The predicted molar refractivity (Wildman–Crippen MR) is 145 cm³/mol. The van der Waals surface area contributed by atoms with E-state index in [-0.39, 0.29) is 18.4 Å². The van der Waals surface area contributed by atoms with E-state index in [2.05, 4.69) is 34.8 Å². The molecule has 2 aliphatic rings. The van der Waals surface area contributed by atoms with E-state index in [1.54, 1.807) is 30.5 Å². The second-order valence-corrected chi connectivity index (χ2v) is 9.60. The van der Waals surface area contributed by atoms with Crippen molar-refractivity contribution in [3.8, 4) is 11.6 Å². The van der Waals surface area contributed by atoms with Crippen LogP contribution in [0.1, 0.15) is 23.2 Å². The molecule has 4 aromatic rings. The van der Waals surface area contributed by atoms with Crippen LogP contribution in [0.2, 0.25) is 0 Å². The Bertz CT molecular complexity index is 1390. The van der Waals surface area contributed by atoms with Crippen LogP contribution in [0.15, 0.2) is 47.1 Å². The first kappa shape index (κ1) is 25.7. The Morgan fingerprint density at radius 1 is 1.03 bits per heavy atom. The van der Waals surface area contributed by atoms with Gasteiger partial charge in [0.15, 0.2) is 5.76 Å². The molecule has 6 rings (SSSR count). The number of hydrogen-bond acceptors (Lipinski definition) is 10. The van der Waals surface area contributed by atoms with Gasteiger partial charge in [-0.05, 0) is 55.2 Å². The van der Waals surface area contributed by atoms with Crippen LogP contribution >= 0.6 is 12.4 Å². The number of rotatable bonds is 6. The Balaban J connectivity index is 0.00000294. The number of nitrogen functional groups attached to an aromatic ring is 1. The van der Waals surface area contributed by atoms with Gasteiger partial charge < -0.3 is 25.1 Å². The van der Waals surface area contributed by atoms with Crippen molar-refractivity contribution in [3.05, 3.63) is 48.2 Å². The highest BCUT2D eigenvalue weighted by atomic mass is 35.5. The van der Waals surface area contributed by atoms with Gasteiger partial charge in [-0.15, -0.1) is 17.5 Å². The number of piperazine rings is 1. The second kappa shape index (κ2) is 10.8. The molecule has 0 aliphatic carbocycles. The van der Waals surface area contributed by atoms with Gasteiger partial charge in [0.1, 0.15) is 0 Å².